The fourth-order valence-electron chi connectivity index (χ4n) is 1.64. The molecule has 3 nitrogen and oxygen atoms in total. The molecule has 0 fully saturated rings. The molecule has 1 atom stereocenters. The molecule has 1 amide bonds. The van der Waals surface area contributed by atoms with Gasteiger partial charge >= 0.3 is 12.0 Å². The van der Waals surface area contributed by atoms with Gasteiger partial charge in [-0.15, -0.1) is 0 Å². The summed E-state index contributed by atoms with van der Waals surface area (Å²) in [7, 11) is -0.904. The molecule has 0 aliphatic heterocycles. The SMILES string of the molecule is C=C(c1cccc(NC(=O)C(F)(OCF)C(F)(F)F)c1)[Si](C)C. The maximum Gasteiger partial charge on any atom is 0.458 e. The number of alkyl halides is 5. The highest BCUT2D eigenvalue weighted by molar-refractivity contribution is 6.76. The standard InChI is InChI=1S/C14H15F5NO2Si/c1-9(23(2)3)10-5-4-6-11(7-10)20-12(21)13(16,22-8-15)14(17,18)19/h4-7H,1,8H2,2-3H3,(H,20,21). The molecule has 0 heterocycles. The van der Waals surface area contributed by atoms with E-state index in [0.717, 1.165) is 5.20 Å². The lowest BCUT2D eigenvalue weighted by Crippen LogP contribution is -2.53. The number of nitrogens with one attached hydrogen (secondary N) is 1. The van der Waals surface area contributed by atoms with E-state index in [4.69, 9.17) is 0 Å². The largest absolute Gasteiger partial charge is 0.458 e. The quantitative estimate of drug-likeness (QED) is 0.618. The summed E-state index contributed by atoms with van der Waals surface area (Å²) < 4.78 is 67.0. The van der Waals surface area contributed by atoms with E-state index in [9.17, 15) is 26.7 Å². The van der Waals surface area contributed by atoms with E-state index in [0.29, 0.717) is 5.56 Å². The number of amides is 1. The van der Waals surface area contributed by atoms with Crippen LogP contribution in [0, 0.1) is 0 Å². The summed E-state index contributed by atoms with van der Waals surface area (Å²) in [6.45, 7) is 5.69. The van der Waals surface area contributed by atoms with Gasteiger partial charge in [-0.1, -0.05) is 37.0 Å². The fraction of sp³-hybridized carbons (Fsp3) is 0.357. The Kier molecular flexibility index (Phi) is 6.06. The maximum absolute atomic E-state index is 13.8. The van der Waals surface area contributed by atoms with Crippen LogP contribution in [0.3, 0.4) is 0 Å². The topological polar surface area (TPSA) is 38.3 Å². The molecule has 0 saturated heterocycles. The molecule has 23 heavy (non-hydrogen) atoms. The molecule has 9 heteroatoms. The first-order valence-electron chi connectivity index (χ1n) is 6.40. The zero-order valence-corrected chi connectivity index (χ0v) is 13.4. The summed E-state index contributed by atoms with van der Waals surface area (Å²) in [5, 5.41) is 2.54. The van der Waals surface area contributed by atoms with E-state index in [1.165, 1.54) is 18.2 Å². The molecule has 1 aromatic rings. The number of halogens is 5. The van der Waals surface area contributed by atoms with E-state index in [1.807, 2.05) is 13.1 Å². The second-order valence-corrected chi connectivity index (χ2v) is 7.46. The number of rotatable bonds is 6. The van der Waals surface area contributed by atoms with Crippen LogP contribution < -0.4 is 5.32 Å². The highest BCUT2D eigenvalue weighted by Crippen LogP contribution is 2.36. The third kappa shape index (κ3) is 4.38. The van der Waals surface area contributed by atoms with Crippen molar-refractivity contribution >= 4 is 25.6 Å². The van der Waals surface area contributed by atoms with Crippen LogP contribution in [0.1, 0.15) is 5.56 Å². The predicted octanol–water partition coefficient (Wildman–Crippen LogP) is 4.10. The monoisotopic (exact) mass is 352 g/mol. The molecule has 1 aromatic carbocycles. The lowest BCUT2D eigenvalue weighted by molar-refractivity contribution is -0.320. The number of hydrogen-bond acceptors (Lipinski definition) is 2. The van der Waals surface area contributed by atoms with Crippen LogP contribution in [0.2, 0.25) is 13.1 Å². The van der Waals surface area contributed by atoms with Crippen LogP contribution in [-0.4, -0.2) is 33.6 Å². The fourth-order valence-corrected chi connectivity index (χ4v) is 2.37. The summed E-state index contributed by atoms with van der Waals surface area (Å²) >= 11 is 0. The minimum absolute atomic E-state index is 0.0781. The summed E-state index contributed by atoms with van der Waals surface area (Å²) in [5.41, 5.74) is 0.537. The van der Waals surface area contributed by atoms with Gasteiger partial charge in [-0.2, -0.15) is 17.6 Å². The maximum atomic E-state index is 13.8. The first kappa shape index (κ1) is 19.3. The van der Waals surface area contributed by atoms with Crippen molar-refractivity contribution in [1.29, 1.82) is 0 Å². The van der Waals surface area contributed by atoms with Crippen molar-refractivity contribution in [2.45, 2.75) is 25.1 Å². The number of carbonyl (C=O) groups excluding carboxylic acids is 1. The minimum Gasteiger partial charge on any atom is -0.321 e. The van der Waals surface area contributed by atoms with Crippen LogP contribution in [0.4, 0.5) is 27.6 Å². The highest BCUT2D eigenvalue weighted by atomic mass is 28.3. The lowest BCUT2D eigenvalue weighted by Gasteiger charge is -2.25. The molecule has 0 aliphatic rings. The van der Waals surface area contributed by atoms with Gasteiger partial charge in [-0.05, 0) is 17.7 Å². The van der Waals surface area contributed by atoms with E-state index in [-0.39, 0.29) is 5.69 Å². The molecule has 0 bridgehead atoms. The van der Waals surface area contributed by atoms with Crippen LogP contribution >= 0.6 is 0 Å². The molecule has 0 spiro atoms. The van der Waals surface area contributed by atoms with Crippen molar-refractivity contribution < 1.29 is 31.5 Å². The first-order chi connectivity index (χ1) is 10.5. The second kappa shape index (κ2) is 7.22. The molecule has 127 valence electrons. The van der Waals surface area contributed by atoms with Crippen LogP contribution in [0.25, 0.3) is 5.20 Å². The highest BCUT2D eigenvalue weighted by Gasteiger charge is 2.64. The average molecular weight is 352 g/mol. The molecule has 1 N–H and O–H groups in total. The normalized spacial score (nSPS) is 14.4. The van der Waals surface area contributed by atoms with Crippen LogP contribution in [0.5, 0.6) is 0 Å². The molecule has 1 radical (unpaired) electrons. The number of benzene rings is 1. The van der Waals surface area contributed by atoms with E-state index in [2.05, 4.69) is 11.3 Å². The Morgan fingerprint density at radius 3 is 2.39 bits per heavy atom. The molecule has 0 aliphatic carbocycles. The van der Waals surface area contributed by atoms with Gasteiger partial charge in [0.15, 0.2) is 6.86 Å². The van der Waals surface area contributed by atoms with Crippen molar-refractivity contribution in [3.63, 3.8) is 0 Å². The van der Waals surface area contributed by atoms with Gasteiger partial charge < -0.3 is 5.32 Å². The Morgan fingerprint density at radius 1 is 1.30 bits per heavy atom. The van der Waals surface area contributed by atoms with Crippen molar-refractivity contribution in [3.8, 4) is 0 Å². The predicted molar refractivity (Wildman–Crippen MR) is 78.5 cm³/mol. The summed E-state index contributed by atoms with van der Waals surface area (Å²) in [6, 6.07) is 5.79. The van der Waals surface area contributed by atoms with Gasteiger partial charge in [0.05, 0.1) is 8.80 Å². The van der Waals surface area contributed by atoms with Crippen molar-refractivity contribution in [2.24, 2.45) is 0 Å². The Hall–Kier alpha value is -1.74. The number of hydrogen-bond donors (Lipinski definition) is 1. The zero-order valence-electron chi connectivity index (χ0n) is 12.4. The number of anilines is 1. The van der Waals surface area contributed by atoms with E-state index < -0.39 is 33.6 Å². The van der Waals surface area contributed by atoms with E-state index in [1.54, 1.807) is 11.4 Å². The van der Waals surface area contributed by atoms with Crippen LogP contribution in [-0.2, 0) is 9.53 Å². The minimum atomic E-state index is -5.71. The Balaban J connectivity index is 3.05. The molecule has 0 aromatic heterocycles. The smallest absolute Gasteiger partial charge is 0.321 e. The van der Waals surface area contributed by atoms with Crippen molar-refractivity contribution in [3.05, 3.63) is 36.4 Å². The third-order valence-electron chi connectivity index (χ3n) is 2.98. The van der Waals surface area contributed by atoms with Gasteiger partial charge in [0.2, 0.25) is 0 Å². The van der Waals surface area contributed by atoms with Crippen molar-refractivity contribution in [1.82, 2.24) is 0 Å². The molecular weight excluding hydrogens is 337 g/mol. The second-order valence-electron chi connectivity index (χ2n) is 4.86. The Morgan fingerprint density at radius 2 is 1.91 bits per heavy atom. The zero-order chi connectivity index (χ0) is 17.8. The number of carbonyl (C=O) groups is 1. The molecule has 1 unspecified atom stereocenters. The van der Waals surface area contributed by atoms with Gasteiger partial charge in [0.1, 0.15) is 0 Å². The number of ether oxygens (including phenoxy) is 1. The average Bonchev–Trinajstić information content (AvgIpc) is 2.45. The molecular formula is C14H15F5NO2Si. The van der Waals surface area contributed by atoms with Crippen molar-refractivity contribution in [2.75, 3.05) is 12.2 Å². The van der Waals surface area contributed by atoms with Gasteiger partial charge in [-0.25, -0.2) is 4.39 Å². The lowest BCUT2D eigenvalue weighted by atomic mass is 10.2. The summed E-state index contributed by atoms with van der Waals surface area (Å²) in [4.78, 5) is 11.6. The summed E-state index contributed by atoms with van der Waals surface area (Å²) in [5.74, 6) is -6.91. The van der Waals surface area contributed by atoms with Gasteiger partial charge in [0, 0.05) is 5.69 Å². The van der Waals surface area contributed by atoms with Gasteiger partial charge in [0.25, 0.3) is 5.91 Å². The Bertz CT molecular complexity index is 591. The first-order valence-corrected chi connectivity index (χ1v) is 8.90. The van der Waals surface area contributed by atoms with Gasteiger partial charge in [-0.3, -0.25) is 9.53 Å². The summed E-state index contributed by atoms with van der Waals surface area (Å²) in [6.07, 6.45) is -5.71. The molecule has 0 saturated carbocycles. The van der Waals surface area contributed by atoms with Crippen LogP contribution in [0.15, 0.2) is 30.8 Å². The van der Waals surface area contributed by atoms with E-state index >= 15 is 0 Å². The molecule has 1 rings (SSSR count). The Labute approximate surface area is 131 Å². The third-order valence-corrected chi connectivity index (χ3v) is 4.48.